The van der Waals surface area contributed by atoms with Gasteiger partial charge in [0.25, 0.3) is 5.91 Å². The second-order valence-corrected chi connectivity index (χ2v) is 5.48. The molecule has 0 saturated heterocycles. The molecule has 5 nitrogen and oxygen atoms in total. The van der Waals surface area contributed by atoms with Crippen LogP contribution in [-0.4, -0.2) is 17.6 Å². The molecule has 3 rings (SSSR count). The minimum atomic E-state index is -1.07. The Morgan fingerprint density at radius 3 is 2.43 bits per heavy atom. The maximum atomic E-state index is 12.4. The summed E-state index contributed by atoms with van der Waals surface area (Å²) in [6, 6.07) is 15.9. The molecule has 0 aromatic heterocycles. The maximum absolute atomic E-state index is 12.4. The van der Waals surface area contributed by atoms with Gasteiger partial charge in [0.05, 0.1) is 6.04 Å². The van der Waals surface area contributed by atoms with Crippen molar-refractivity contribution in [2.24, 2.45) is 0 Å². The number of nitrogens with one attached hydrogen (secondary N) is 2. The normalized spacial score (nSPS) is 17.1. The van der Waals surface area contributed by atoms with Gasteiger partial charge in [0.15, 0.2) is 0 Å². The molecule has 116 valence electrons. The number of hydrogen-bond acceptors (Lipinski definition) is 3. The third-order valence-electron chi connectivity index (χ3n) is 3.93. The SMILES string of the molecule is C[C@H](NC(=O)C(=O)[C@@H]1C(=O)Nc2ccccc21)c1ccccc1. The van der Waals surface area contributed by atoms with Gasteiger partial charge in [-0.1, -0.05) is 48.5 Å². The molecule has 0 spiro atoms. The van der Waals surface area contributed by atoms with Crippen LogP contribution >= 0.6 is 0 Å². The third kappa shape index (κ3) is 2.85. The van der Waals surface area contributed by atoms with Crippen molar-refractivity contribution in [2.45, 2.75) is 18.9 Å². The highest BCUT2D eigenvalue weighted by molar-refractivity contribution is 6.44. The van der Waals surface area contributed by atoms with Crippen LogP contribution in [0.1, 0.15) is 30.0 Å². The molecule has 2 atom stereocenters. The Morgan fingerprint density at radius 1 is 1.04 bits per heavy atom. The van der Waals surface area contributed by atoms with E-state index in [9.17, 15) is 14.4 Å². The average molecular weight is 308 g/mol. The van der Waals surface area contributed by atoms with Gasteiger partial charge >= 0.3 is 0 Å². The van der Waals surface area contributed by atoms with Crippen molar-refractivity contribution in [1.82, 2.24) is 5.32 Å². The molecule has 1 aliphatic heterocycles. The van der Waals surface area contributed by atoms with E-state index in [1.165, 1.54) is 0 Å². The Labute approximate surface area is 133 Å². The second kappa shape index (κ2) is 6.04. The van der Waals surface area contributed by atoms with E-state index in [1.54, 1.807) is 31.2 Å². The summed E-state index contributed by atoms with van der Waals surface area (Å²) in [5.41, 5.74) is 2.02. The number of ketones is 1. The molecule has 2 aromatic carbocycles. The topological polar surface area (TPSA) is 75.3 Å². The standard InChI is InChI=1S/C18H16N2O3/c1-11(12-7-3-2-4-8-12)19-18(23)16(21)15-13-9-5-6-10-14(13)20-17(15)22/h2-11,15H,1H3,(H,19,23)(H,20,22)/t11-,15+/m0/s1. The molecule has 0 saturated carbocycles. The molecule has 0 bridgehead atoms. The minimum Gasteiger partial charge on any atom is -0.343 e. The predicted octanol–water partition coefficient (Wildman–Crippen LogP) is 2.17. The number of fused-ring (bicyclic) bond motifs is 1. The summed E-state index contributed by atoms with van der Waals surface area (Å²) >= 11 is 0. The zero-order chi connectivity index (χ0) is 16.4. The molecule has 2 amide bonds. The number of para-hydroxylation sites is 1. The van der Waals surface area contributed by atoms with E-state index in [4.69, 9.17) is 0 Å². The van der Waals surface area contributed by atoms with Gasteiger partial charge in [-0.15, -0.1) is 0 Å². The average Bonchev–Trinajstić information content (AvgIpc) is 2.90. The first kappa shape index (κ1) is 15.0. The smallest absolute Gasteiger partial charge is 0.289 e. The first-order valence-corrected chi connectivity index (χ1v) is 7.37. The fourth-order valence-corrected chi connectivity index (χ4v) is 2.69. The number of hydrogen-bond donors (Lipinski definition) is 2. The highest BCUT2D eigenvalue weighted by atomic mass is 16.2. The molecule has 1 aliphatic rings. The second-order valence-electron chi connectivity index (χ2n) is 5.48. The Morgan fingerprint density at radius 2 is 1.70 bits per heavy atom. The molecule has 1 heterocycles. The summed E-state index contributed by atoms with van der Waals surface area (Å²) in [5.74, 6) is -3.03. The molecular formula is C18H16N2O3. The van der Waals surface area contributed by atoms with Gasteiger partial charge in [-0.25, -0.2) is 0 Å². The van der Waals surface area contributed by atoms with E-state index in [2.05, 4.69) is 10.6 Å². The van der Waals surface area contributed by atoms with Crippen molar-refractivity contribution in [3.05, 3.63) is 65.7 Å². The van der Waals surface area contributed by atoms with E-state index < -0.39 is 23.5 Å². The van der Waals surface area contributed by atoms with Gasteiger partial charge in [0.1, 0.15) is 5.92 Å². The monoisotopic (exact) mass is 308 g/mol. The Balaban J connectivity index is 1.76. The Bertz CT molecular complexity index is 771. The van der Waals surface area contributed by atoms with Crippen molar-refractivity contribution >= 4 is 23.3 Å². The van der Waals surface area contributed by atoms with Crippen LogP contribution < -0.4 is 10.6 Å². The Kier molecular flexibility index (Phi) is 3.93. The lowest BCUT2D eigenvalue weighted by Gasteiger charge is -2.15. The largest absolute Gasteiger partial charge is 0.343 e. The lowest BCUT2D eigenvalue weighted by atomic mass is 9.95. The number of carbonyl (C=O) groups is 3. The van der Waals surface area contributed by atoms with Crippen LogP contribution in [0.15, 0.2) is 54.6 Å². The summed E-state index contributed by atoms with van der Waals surface area (Å²) in [7, 11) is 0. The van der Waals surface area contributed by atoms with Crippen LogP contribution in [-0.2, 0) is 14.4 Å². The fraction of sp³-hybridized carbons (Fsp3) is 0.167. The predicted molar refractivity (Wildman–Crippen MR) is 85.8 cm³/mol. The number of benzene rings is 2. The quantitative estimate of drug-likeness (QED) is 0.671. The summed E-state index contributed by atoms with van der Waals surface area (Å²) in [6.07, 6.45) is 0. The van der Waals surface area contributed by atoms with E-state index in [1.807, 2.05) is 30.3 Å². The molecule has 0 unspecified atom stereocenters. The van der Waals surface area contributed by atoms with Crippen molar-refractivity contribution in [3.8, 4) is 0 Å². The zero-order valence-electron chi connectivity index (χ0n) is 12.6. The Hall–Kier alpha value is -2.95. The number of anilines is 1. The summed E-state index contributed by atoms with van der Waals surface area (Å²) in [5, 5.41) is 5.28. The molecule has 23 heavy (non-hydrogen) atoms. The van der Waals surface area contributed by atoms with Gasteiger partial charge < -0.3 is 10.6 Å². The number of rotatable bonds is 4. The van der Waals surface area contributed by atoms with E-state index in [0.29, 0.717) is 11.3 Å². The van der Waals surface area contributed by atoms with Crippen LogP contribution in [0.5, 0.6) is 0 Å². The summed E-state index contributed by atoms with van der Waals surface area (Å²) in [6.45, 7) is 1.79. The van der Waals surface area contributed by atoms with Crippen LogP contribution in [0.2, 0.25) is 0 Å². The van der Waals surface area contributed by atoms with Crippen LogP contribution in [0, 0.1) is 0 Å². The van der Waals surface area contributed by atoms with Gasteiger partial charge in [0, 0.05) is 5.69 Å². The maximum Gasteiger partial charge on any atom is 0.289 e. The highest BCUT2D eigenvalue weighted by Gasteiger charge is 2.39. The fourth-order valence-electron chi connectivity index (χ4n) is 2.69. The van der Waals surface area contributed by atoms with E-state index >= 15 is 0 Å². The first-order valence-electron chi connectivity index (χ1n) is 7.37. The molecule has 5 heteroatoms. The number of amides is 2. The summed E-state index contributed by atoms with van der Waals surface area (Å²) < 4.78 is 0. The number of Topliss-reactive ketones (excluding diaryl/α,β-unsaturated/α-hetero) is 1. The third-order valence-corrected chi connectivity index (χ3v) is 3.93. The summed E-state index contributed by atoms with van der Waals surface area (Å²) in [4.78, 5) is 36.7. The minimum absolute atomic E-state index is 0.313. The van der Waals surface area contributed by atoms with Crippen molar-refractivity contribution in [1.29, 1.82) is 0 Å². The lowest BCUT2D eigenvalue weighted by molar-refractivity contribution is -0.141. The molecule has 0 fully saturated rings. The molecular weight excluding hydrogens is 292 g/mol. The van der Waals surface area contributed by atoms with Crippen molar-refractivity contribution < 1.29 is 14.4 Å². The first-order chi connectivity index (χ1) is 11.1. The molecule has 2 N–H and O–H groups in total. The number of carbonyl (C=O) groups excluding carboxylic acids is 3. The van der Waals surface area contributed by atoms with Gasteiger partial charge in [0.2, 0.25) is 11.7 Å². The lowest BCUT2D eigenvalue weighted by Crippen LogP contribution is -2.38. The van der Waals surface area contributed by atoms with Gasteiger partial charge in [-0.05, 0) is 24.1 Å². The zero-order valence-corrected chi connectivity index (χ0v) is 12.6. The van der Waals surface area contributed by atoms with Gasteiger partial charge in [-0.3, -0.25) is 14.4 Å². The van der Waals surface area contributed by atoms with Crippen LogP contribution in [0.3, 0.4) is 0 Å². The van der Waals surface area contributed by atoms with Crippen LogP contribution in [0.4, 0.5) is 5.69 Å². The van der Waals surface area contributed by atoms with Crippen molar-refractivity contribution in [2.75, 3.05) is 5.32 Å². The van der Waals surface area contributed by atoms with E-state index in [0.717, 1.165) is 5.56 Å². The van der Waals surface area contributed by atoms with Gasteiger partial charge in [-0.2, -0.15) is 0 Å². The highest BCUT2D eigenvalue weighted by Crippen LogP contribution is 2.32. The van der Waals surface area contributed by atoms with Crippen molar-refractivity contribution in [3.63, 3.8) is 0 Å². The molecule has 0 aliphatic carbocycles. The molecule has 0 radical (unpaired) electrons. The van der Waals surface area contributed by atoms with E-state index in [-0.39, 0.29) is 6.04 Å². The molecule has 2 aromatic rings. The van der Waals surface area contributed by atoms with Crippen LogP contribution in [0.25, 0.3) is 0 Å².